The van der Waals surface area contributed by atoms with Crippen LogP contribution in [-0.2, 0) is 4.79 Å². The molecule has 1 amide bonds. The number of nitrogens with zero attached hydrogens (tertiary/aromatic N) is 1. The first-order valence-electron chi connectivity index (χ1n) is 7.15. The molecule has 2 rings (SSSR count). The third kappa shape index (κ3) is 6.89. The van der Waals surface area contributed by atoms with Gasteiger partial charge in [-0.15, -0.1) is 24.8 Å². The van der Waals surface area contributed by atoms with Crippen LogP contribution >= 0.6 is 24.8 Å². The van der Waals surface area contributed by atoms with Crippen molar-refractivity contribution in [2.45, 2.75) is 43.8 Å². The highest BCUT2D eigenvalue weighted by atomic mass is 35.5. The minimum atomic E-state index is -4.11. The van der Waals surface area contributed by atoms with Crippen LogP contribution in [0.5, 0.6) is 0 Å². The van der Waals surface area contributed by atoms with E-state index in [9.17, 15) is 18.0 Å². The lowest BCUT2D eigenvalue weighted by Gasteiger charge is -2.32. The lowest BCUT2D eigenvalue weighted by Crippen LogP contribution is -2.44. The van der Waals surface area contributed by atoms with Gasteiger partial charge in [0.2, 0.25) is 5.91 Å². The van der Waals surface area contributed by atoms with Crippen molar-refractivity contribution < 1.29 is 18.0 Å². The zero-order chi connectivity index (χ0) is 14.8. The molecular formula is C13H24Cl2F3N3O. The van der Waals surface area contributed by atoms with Gasteiger partial charge >= 0.3 is 6.18 Å². The van der Waals surface area contributed by atoms with E-state index in [0.29, 0.717) is 25.6 Å². The summed E-state index contributed by atoms with van der Waals surface area (Å²) in [6.45, 7) is 0.728. The molecule has 3 N–H and O–H groups in total. The van der Waals surface area contributed by atoms with E-state index in [1.165, 1.54) is 4.90 Å². The lowest BCUT2D eigenvalue weighted by molar-refractivity contribution is -0.148. The van der Waals surface area contributed by atoms with Crippen molar-refractivity contribution in [2.75, 3.05) is 26.2 Å². The summed E-state index contributed by atoms with van der Waals surface area (Å²) >= 11 is 0. The molecule has 1 aliphatic heterocycles. The zero-order valence-electron chi connectivity index (χ0n) is 12.3. The molecule has 0 aromatic rings. The average molecular weight is 366 g/mol. The van der Waals surface area contributed by atoms with Crippen LogP contribution in [0.1, 0.15) is 32.1 Å². The number of hydrogen-bond acceptors (Lipinski definition) is 3. The van der Waals surface area contributed by atoms with Crippen LogP contribution in [-0.4, -0.2) is 48.7 Å². The summed E-state index contributed by atoms with van der Waals surface area (Å²) in [5.74, 6) is 0.305. The Bertz CT molecular complexity index is 357. The van der Waals surface area contributed by atoms with Crippen LogP contribution in [0.3, 0.4) is 0 Å². The summed E-state index contributed by atoms with van der Waals surface area (Å²) in [6.07, 6.45) is -0.273. The maximum atomic E-state index is 12.2. The van der Waals surface area contributed by atoms with Gasteiger partial charge < -0.3 is 11.1 Å². The van der Waals surface area contributed by atoms with Crippen molar-refractivity contribution in [1.82, 2.24) is 10.2 Å². The summed E-state index contributed by atoms with van der Waals surface area (Å²) in [6, 6.07) is 0. The fourth-order valence-corrected chi connectivity index (χ4v) is 2.61. The van der Waals surface area contributed by atoms with Gasteiger partial charge in [0.15, 0.2) is 0 Å². The molecular weight excluding hydrogens is 342 g/mol. The first kappa shape index (κ1) is 21.8. The van der Waals surface area contributed by atoms with Gasteiger partial charge in [0.1, 0.15) is 0 Å². The number of carbonyl (C=O) groups excluding carboxylic acids is 1. The maximum absolute atomic E-state index is 12.2. The fraction of sp³-hybridized carbons (Fsp3) is 0.923. The normalized spacial score (nSPS) is 21.5. The van der Waals surface area contributed by atoms with Crippen molar-refractivity contribution in [2.24, 2.45) is 11.7 Å². The molecule has 0 spiro atoms. The Labute approximate surface area is 141 Å². The third-order valence-corrected chi connectivity index (χ3v) is 4.19. The van der Waals surface area contributed by atoms with E-state index in [0.717, 1.165) is 32.1 Å². The van der Waals surface area contributed by atoms with Crippen molar-refractivity contribution in [3.63, 3.8) is 0 Å². The molecule has 0 aromatic heterocycles. The van der Waals surface area contributed by atoms with Crippen molar-refractivity contribution in [3.05, 3.63) is 0 Å². The fourth-order valence-electron chi connectivity index (χ4n) is 2.61. The van der Waals surface area contributed by atoms with Crippen molar-refractivity contribution in [1.29, 1.82) is 0 Å². The van der Waals surface area contributed by atoms with Crippen LogP contribution in [0.25, 0.3) is 0 Å². The Morgan fingerprint density at radius 2 is 1.77 bits per heavy atom. The second kappa shape index (κ2) is 8.57. The third-order valence-electron chi connectivity index (χ3n) is 4.19. The second-order valence-electron chi connectivity index (χ2n) is 6.04. The molecule has 0 bridgehead atoms. The Kier molecular flexibility index (Phi) is 8.47. The number of nitrogens with two attached hydrogens (primary N) is 1. The number of amides is 1. The van der Waals surface area contributed by atoms with Crippen LogP contribution in [0, 0.1) is 5.92 Å². The maximum Gasteiger partial charge on any atom is 0.401 e. The minimum Gasteiger partial charge on any atom is -0.354 e. The number of nitrogens with one attached hydrogen (secondary N) is 1. The zero-order valence-corrected chi connectivity index (χ0v) is 14.0. The van der Waals surface area contributed by atoms with Gasteiger partial charge in [-0.25, -0.2) is 0 Å². The number of likely N-dealkylation sites (tertiary alicyclic amines) is 1. The number of alkyl halides is 3. The summed E-state index contributed by atoms with van der Waals surface area (Å²) in [5, 5.41) is 2.82. The molecule has 1 aliphatic carbocycles. The van der Waals surface area contributed by atoms with Crippen LogP contribution < -0.4 is 11.1 Å². The number of piperidine rings is 1. The monoisotopic (exact) mass is 365 g/mol. The van der Waals surface area contributed by atoms with E-state index in [4.69, 9.17) is 5.73 Å². The topological polar surface area (TPSA) is 58.4 Å². The molecule has 1 saturated carbocycles. The standard InChI is InChI=1S/C13H22F3N3O.2ClH/c14-13(15,16)9-19-7-2-10(3-8-19)1-6-18-11(20)12(17)4-5-12;;/h10H,1-9,17H2,(H,18,20);2*1H. The average Bonchev–Trinajstić information content (AvgIpc) is 3.09. The van der Waals surface area contributed by atoms with Gasteiger partial charge in [0.25, 0.3) is 0 Å². The predicted molar refractivity (Wildman–Crippen MR) is 83.5 cm³/mol. The largest absolute Gasteiger partial charge is 0.401 e. The quantitative estimate of drug-likeness (QED) is 0.784. The van der Waals surface area contributed by atoms with Crippen molar-refractivity contribution in [3.8, 4) is 0 Å². The second-order valence-corrected chi connectivity index (χ2v) is 6.04. The molecule has 1 saturated heterocycles. The molecule has 2 aliphatic rings. The van der Waals surface area contributed by atoms with Gasteiger partial charge in [-0.1, -0.05) is 0 Å². The molecule has 132 valence electrons. The SMILES string of the molecule is Cl.Cl.NC1(C(=O)NCCC2CCN(CC(F)(F)F)CC2)CC1. The van der Waals surface area contributed by atoms with Gasteiger partial charge in [-0.2, -0.15) is 13.2 Å². The predicted octanol–water partition coefficient (Wildman–Crippen LogP) is 2.10. The highest BCUT2D eigenvalue weighted by molar-refractivity contribution is 5.88. The first-order chi connectivity index (χ1) is 9.28. The number of rotatable bonds is 5. The molecule has 0 unspecified atom stereocenters. The van der Waals surface area contributed by atoms with Gasteiger partial charge in [0, 0.05) is 6.54 Å². The van der Waals surface area contributed by atoms with Gasteiger partial charge in [-0.05, 0) is 51.1 Å². The van der Waals surface area contributed by atoms with Gasteiger partial charge in [-0.3, -0.25) is 9.69 Å². The summed E-state index contributed by atoms with van der Waals surface area (Å²) in [7, 11) is 0. The van der Waals surface area contributed by atoms with E-state index in [1.807, 2.05) is 0 Å². The Morgan fingerprint density at radius 3 is 2.23 bits per heavy atom. The molecule has 0 aromatic carbocycles. The van der Waals surface area contributed by atoms with E-state index in [1.54, 1.807) is 0 Å². The van der Waals surface area contributed by atoms with E-state index in [-0.39, 0.29) is 30.7 Å². The minimum absolute atomic E-state index is 0. The Morgan fingerprint density at radius 1 is 1.23 bits per heavy atom. The van der Waals surface area contributed by atoms with Gasteiger partial charge in [0.05, 0.1) is 12.1 Å². The Balaban J connectivity index is 0.00000220. The molecule has 22 heavy (non-hydrogen) atoms. The number of hydrogen-bond donors (Lipinski definition) is 2. The molecule has 0 radical (unpaired) electrons. The van der Waals surface area contributed by atoms with Crippen LogP contribution in [0.4, 0.5) is 13.2 Å². The molecule has 0 atom stereocenters. The Hall–Kier alpha value is -0.240. The smallest absolute Gasteiger partial charge is 0.354 e. The lowest BCUT2D eigenvalue weighted by atomic mass is 9.93. The summed E-state index contributed by atoms with van der Waals surface area (Å²) < 4.78 is 36.7. The molecule has 2 fully saturated rings. The summed E-state index contributed by atoms with van der Waals surface area (Å²) in [5.41, 5.74) is 5.12. The summed E-state index contributed by atoms with van der Waals surface area (Å²) in [4.78, 5) is 13.1. The number of halogens is 5. The highest BCUT2D eigenvalue weighted by Gasteiger charge is 2.45. The first-order valence-corrected chi connectivity index (χ1v) is 7.15. The molecule has 9 heteroatoms. The van der Waals surface area contributed by atoms with Crippen molar-refractivity contribution >= 4 is 30.7 Å². The van der Waals surface area contributed by atoms with E-state index >= 15 is 0 Å². The van der Waals surface area contributed by atoms with Crippen LogP contribution in [0.15, 0.2) is 0 Å². The highest BCUT2D eigenvalue weighted by Crippen LogP contribution is 2.32. The molecule has 4 nitrogen and oxygen atoms in total. The number of carbonyl (C=O) groups is 1. The molecule has 1 heterocycles. The van der Waals surface area contributed by atoms with E-state index in [2.05, 4.69) is 5.32 Å². The van der Waals surface area contributed by atoms with Crippen LogP contribution in [0.2, 0.25) is 0 Å². The van der Waals surface area contributed by atoms with E-state index < -0.39 is 18.3 Å².